The molecular formula is C33H34Cl4N2O9. The van der Waals surface area contributed by atoms with E-state index in [1.807, 2.05) is 6.92 Å². The molecule has 0 amide bonds. The Morgan fingerprint density at radius 1 is 0.562 bits per heavy atom. The van der Waals surface area contributed by atoms with Gasteiger partial charge in [-0.3, -0.25) is 14.8 Å². The van der Waals surface area contributed by atoms with Crippen molar-refractivity contribution in [3.8, 4) is 34.5 Å². The van der Waals surface area contributed by atoms with Crippen molar-refractivity contribution in [3.05, 3.63) is 91.4 Å². The molecule has 2 aromatic carbocycles. The minimum absolute atomic E-state index is 0.0199. The number of benzene rings is 2. The largest absolute Gasteiger partial charge is 0.493 e. The number of esters is 1. The van der Waals surface area contributed by atoms with Gasteiger partial charge in [-0.25, -0.2) is 4.79 Å². The van der Waals surface area contributed by atoms with E-state index in [0.717, 1.165) is 5.56 Å². The third-order valence-electron chi connectivity index (χ3n) is 6.50. The monoisotopic (exact) mass is 742 g/mol. The van der Waals surface area contributed by atoms with Crippen molar-refractivity contribution in [2.45, 2.75) is 13.3 Å². The average molecular weight is 744 g/mol. The molecule has 258 valence electrons. The summed E-state index contributed by atoms with van der Waals surface area (Å²) in [5.74, 6) is 1.59. The predicted octanol–water partition coefficient (Wildman–Crippen LogP) is 8.04. The molecule has 4 aromatic rings. The highest BCUT2D eigenvalue weighted by Gasteiger charge is 2.23. The highest BCUT2D eigenvalue weighted by molar-refractivity contribution is 6.36. The summed E-state index contributed by atoms with van der Waals surface area (Å²) in [7, 11) is 10.2. The molecule has 0 spiro atoms. The van der Waals surface area contributed by atoms with Gasteiger partial charge < -0.3 is 33.2 Å². The van der Waals surface area contributed by atoms with E-state index in [9.17, 15) is 9.59 Å². The Hall–Kier alpha value is -4.16. The number of ketones is 1. The number of hydrogen-bond acceptors (Lipinski definition) is 11. The summed E-state index contributed by atoms with van der Waals surface area (Å²) in [6, 6.07) is 6.44. The highest BCUT2D eigenvalue weighted by atomic mass is 35.5. The van der Waals surface area contributed by atoms with Crippen molar-refractivity contribution in [1.82, 2.24) is 9.97 Å². The number of nitrogens with zero attached hydrogens (tertiary/aromatic N) is 2. The van der Waals surface area contributed by atoms with Gasteiger partial charge in [0.1, 0.15) is 5.56 Å². The first-order valence-electron chi connectivity index (χ1n) is 13.7. The van der Waals surface area contributed by atoms with Crippen molar-refractivity contribution in [2.24, 2.45) is 0 Å². The van der Waals surface area contributed by atoms with Crippen LogP contribution in [0.25, 0.3) is 0 Å². The van der Waals surface area contributed by atoms with Crippen LogP contribution >= 0.6 is 46.4 Å². The fourth-order valence-electron chi connectivity index (χ4n) is 4.03. The Kier molecular flexibility index (Phi) is 16.3. The number of Topliss-reactive ketones (excluding diaryl/α,β-unsaturated/α-hetero) is 1. The third kappa shape index (κ3) is 9.93. The zero-order valence-electron chi connectivity index (χ0n) is 27.4. The average Bonchev–Trinajstić information content (AvgIpc) is 3.10. The molecule has 0 N–H and O–H groups in total. The number of pyridine rings is 2. The van der Waals surface area contributed by atoms with E-state index in [4.69, 9.17) is 74.8 Å². The van der Waals surface area contributed by atoms with Gasteiger partial charge in [0.05, 0.1) is 75.4 Å². The van der Waals surface area contributed by atoms with Crippen molar-refractivity contribution in [1.29, 1.82) is 0 Å². The van der Waals surface area contributed by atoms with Crippen LogP contribution < -0.4 is 28.4 Å². The molecule has 0 unspecified atom stereocenters. The summed E-state index contributed by atoms with van der Waals surface area (Å²) in [5, 5.41) is 1.90. The van der Waals surface area contributed by atoms with Gasteiger partial charge in [0.25, 0.3) is 0 Å². The van der Waals surface area contributed by atoms with E-state index in [2.05, 4.69) is 14.7 Å². The van der Waals surface area contributed by atoms with Crippen LogP contribution in [0.2, 0.25) is 20.1 Å². The molecule has 0 saturated carbocycles. The molecule has 2 heterocycles. The highest BCUT2D eigenvalue weighted by Crippen LogP contribution is 2.41. The number of rotatable bonds is 10. The lowest BCUT2D eigenvalue weighted by atomic mass is 10.0. The molecule has 48 heavy (non-hydrogen) atoms. The SMILES string of the molecule is COC(=O)c1ccc(OC)c(OC)c1OC.COc1ccc(C(=O)Cc2c(Cl)cncc2Cl)c(OC)c1OC.Cc1c(Cl)cncc1Cl. The molecule has 0 saturated heterocycles. The van der Waals surface area contributed by atoms with E-state index in [1.54, 1.807) is 36.7 Å². The minimum atomic E-state index is -0.488. The number of methoxy groups -OCH3 is 7. The van der Waals surface area contributed by atoms with E-state index in [0.29, 0.717) is 71.3 Å². The summed E-state index contributed by atoms with van der Waals surface area (Å²) in [4.78, 5) is 31.8. The Morgan fingerprint density at radius 3 is 1.33 bits per heavy atom. The molecule has 0 bridgehead atoms. The van der Waals surface area contributed by atoms with Gasteiger partial charge in [0, 0.05) is 36.8 Å². The maximum Gasteiger partial charge on any atom is 0.341 e. The molecule has 0 aliphatic carbocycles. The fraction of sp³-hybridized carbons (Fsp3) is 0.273. The molecule has 11 nitrogen and oxygen atoms in total. The second-order valence-electron chi connectivity index (χ2n) is 9.17. The third-order valence-corrected chi connectivity index (χ3v) is 7.91. The van der Waals surface area contributed by atoms with Crippen molar-refractivity contribution in [2.75, 3.05) is 49.8 Å². The molecular weight excluding hydrogens is 710 g/mol. The first-order valence-corrected chi connectivity index (χ1v) is 15.2. The number of hydrogen-bond donors (Lipinski definition) is 0. The molecule has 4 rings (SSSR count). The number of aromatic nitrogens is 2. The summed E-state index contributed by atoms with van der Waals surface area (Å²) < 4.78 is 35.8. The standard InChI is InChI=1S/C16H15Cl2NO4.C11H14O5.C6H5Cl2N/c1-21-14-5-4-9(15(22-2)16(14)23-3)13(20)6-10-11(17)7-19-8-12(10)18;1-13-8-6-5-7(11(12)16-4)9(14-2)10(8)15-3;1-4-5(7)2-9-3-6(4)8/h4-5,7-8H,6H2,1-3H3;5-6H,1-4H3;2-3H,1H3. The van der Waals surface area contributed by atoms with Crippen LogP contribution in [0.5, 0.6) is 34.5 Å². The number of halogens is 4. The van der Waals surface area contributed by atoms with Crippen molar-refractivity contribution >= 4 is 58.2 Å². The van der Waals surface area contributed by atoms with E-state index < -0.39 is 5.97 Å². The van der Waals surface area contributed by atoms with Crippen LogP contribution in [0.4, 0.5) is 0 Å². The lowest BCUT2D eigenvalue weighted by Crippen LogP contribution is -2.08. The van der Waals surface area contributed by atoms with Crippen LogP contribution in [-0.2, 0) is 11.2 Å². The molecule has 0 radical (unpaired) electrons. The van der Waals surface area contributed by atoms with E-state index in [-0.39, 0.29) is 12.2 Å². The molecule has 0 atom stereocenters. The van der Waals surface area contributed by atoms with Gasteiger partial charge in [-0.15, -0.1) is 0 Å². The van der Waals surface area contributed by atoms with Crippen LogP contribution in [0.1, 0.15) is 31.8 Å². The Labute approximate surface area is 298 Å². The van der Waals surface area contributed by atoms with Crippen LogP contribution in [0.15, 0.2) is 49.1 Å². The van der Waals surface area contributed by atoms with Gasteiger partial charge in [-0.1, -0.05) is 46.4 Å². The lowest BCUT2D eigenvalue weighted by molar-refractivity contribution is 0.0596. The Balaban J connectivity index is 0.000000276. The van der Waals surface area contributed by atoms with Crippen LogP contribution in [0.3, 0.4) is 0 Å². The zero-order valence-corrected chi connectivity index (χ0v) is 30.4. The summed E-state index contributed by atoms with van der Waals surface area (Å²) >= 11 is 23.5. The normalized spacial score (nSPS) is 9.92. The maximum absolute atomic E-state index is 12.7. The number of carbonyl (C=O) groups is 2. The van der Waals surface area contributed by atoms with E-state index >= 15 is 0 Å². The van der Waals surface area contributed by atoms with Crippen molar-refractivity contribution < 1.29 is 42.7 Å². The molecule has 2 aromatic heterocycles. The van der Waals surface area contributed by atoms with Gasteiger partial charge in [-0.05, 0) is 36.8 Å². The zero-order chi connectivity index (χ0) is 36.0. The maximum atomic E-state index is 12.7. The molecule has 15 heteroatoms. The van der Waals surface area contributed by atoms with Crippen LogP contribution in [0, 0.1) is 6.92 Å². The molecule has 0 fully saturated rings. The summed E-state index contributed by atoms with van der Waals surface area (Å²) in [5.41, 5.74) is 2.05. The Morgan fingerprint density at radius 2 is 0.958 bits per heavy atom. The fourth-order valence-corrected chi connectivity index (χ4v) is 4.89. The number of carbonyl (C=O) groups excluding carboxylic acids is 2. The minimum Gasteiger partial charge on any atom is -0.493 e. The predicted molar refractivity (Wildman–Crippen MR) is 185 cm³/mol. The van der Waals surface area contributed by atoms with Crippen LogP contribution in [-0.4, -0.2) is 71.5 Å². The second-order valence-corrected chi connectivity index (χ2v) is 10.8. The first kappa shape index (κ1) is 40.0. The quantitative estimate of drug-likeness (QED) is 0.116. The van der Waals surface area contributed by atoms with Crippen molar-refractivity contribution in [3.63, 3.8) is 0 Å². The number of ether oxygens (including phenoxy) is 7. The molecule has 0 aliphatic heterocycles. The second kappa shape index (κ2) is 19.6. The first-order chi connectivity index (χ1) is 22.9. The van der Waals surface area contributed by atoms with E-state index in [1.165, 1.54) is 62.2 Å². The van der Waals surface area contributed by atoms with Gasteiger partial charge >= 0.3 is 5.97 Å². The smallest absolute Gasteiger partial charge is 0.341 e. The van der Waals surface area contributed by atoms with Gasteiger partial charge in [-0.2, -0.15) is 0 Å². The van der Waals surface area contributed by atoms with Gasteiger partial charge in [0.15, 0.2) is 28.8 Å². The Bertz CT molecular complexity index is 1680. The summed E-state index contributed by atoms with van der Waals surface area (Å²) in [6.45, 7) is 1.85. The molecule has 0 aliphatic rings. The summed E-state index contributed by atoms with van der Waals surface area (Å²) in [6.07, 6.45) is 6.06. The lowest BCUT2D eigenvalue weighted by Gasteiger charge is -2.15. The van der Waals surface area contributed by atoms with Gasteiger partial charge in [0.2, 0.25) is 11.5 Å². The topological polar surface area (TPSA) is 125 Å².